The molecule has 0 aromatic heterocycles. The standard InChI is InChI=1S/C13H18N2O3S/c1-14-19(17,18)12-8-4-5-10(9-12)13(16)15-11-6-2-3-7-11/h4-5,8-9,11,14H,2-3,6-7H2,1H3,(H,15,16). The van der Waals surface area contributed by atoms with Crippen LogP contribution in [-0.2, 0) is 10.0 Å². The fourth-order valence-electron chi connectivity index (χ4n) is 2.26. The van der Waals surface area contributed by atoms with Crippen LogP contribution in [0.25, 0.3) is 0 Å². The largest absolute Gasteiger partial charge is 0.349 e. The summed E-state index contributed by atoms with van der Waals surface area (Å²) in [6.45, 7) is 0. The van der Waals surface area contributed by atoms with Crippen molar-refractivity contribution in [1.29, 1.82) is 0 Å². The van der Waals surface area contributed by atoms with Crippen molar-refractivity contribution in [3.8, 4) is 0 Å². The van der Waals surface area contributed by atoms with Crippen molar-refractivity contribution in [2.45, 2.75) is 36.6 Å². The lowest BCUT2D eigenvalue weighted by Gasteiger charge is -2.12. The second-order valence-electron chi connectivity index (χ2n) is 4.69. The van der Waals surface area contributed by atoms with Crippen LogP contribution in [0.15, 0.2) is 29.2 Å². The van der Waals surface area contributed by atoms with E-state index in [4.69, 9.17) is 0 Å². The second-order valence-corrected chi connectivity index (χ2v) is 6.58. The minimum Gasteiger partial charge on any atom is -0.349 e. The van der Waals surface area contributed by atoms with Crippen LogP contribution >= 0.6 is 0 Å². The quantitative estimate of drug-likeness (QED) is 0.873. The van der Waals surface area contributed by atoms with E-state index in [1.807, 2.05) is 0 Å². The van der Waals surface area contributed by atoms with Crippen LogP contribution in [0.1, 0.15) is 36.0 Å². The molecular formula is C13H18N2O3S. The smallest absolute Gasteiger partial charge is 0.251 e. The van der Waals surface area contributed by atoms with Crippen LogP contribution in [0.3, 0.4) is 0 Å². The van der Waals surface area contributed by atoms with Crippen LogP contribution in [0, 0.1) is 0 Å². The first-order chi connectivity index (χ1) is 9.03. The van der Waals surface area contributed by atoms with Gasteiger partial charge < -0.3 is 5.32 Å². The predicted molar refractivity (Wildman–Crippen MR) is 72.4 cm³/mol. The first-order valence-electron chi connectivity index (χ1n) is 6.37. The molecule has 1 aliphatic rings. The molecule has 104 valence electrons. The molecule has 1 aromatic carbocycles. The fraction of sp³-hybridized carbons (Fsp3) is 0.462. The maximum atomic E-state index is 12.0. The van der Waals surface area contributed by atoms with Crippen LogP contribution in [0.2, 0.25) is 0 Å². The molecule has 2 rings (SSSR count). The molecule has 0 unspecified atom stereocenters. The van der Waals surface area contributed by atoms with Crippen molar-refractivity contribution in [2.24, 2.45) is 0 Å². The van der Waals surface area contributed by atoms with E-state index in [0.717, 1.165) is 25.7 Å². The summed E-state index contributed by atoms with van der Waals surface area (Å²) in [4.78, 5) is 12.1. The molecule has 6 heteroatoms. The predicted octanol–water partition coefficient (Wildman–Crippen LogP) is 1.27. The molecule has 1 saturated carbocycles. The summed E-state index contributed by atoms with van der Waals surface area (Å²) in [5.41, 5.74) is 0.378. The van der Waals surface area contributed by atoms with E-state index in [1.54, 1.807) is 12.1 Å². The van der Waals surface area contributed by atoms with E-state index in [1.165, 1.54) is 19.2 Å². The molecule has 0 aliphatic heterocycles. The number of sulfonamides is 1. The van der Waals surface area contributed by atoms with Gasteiger partial charge in [-0.1, -0.05) is 18.9 Å². The van der Waals surface area contributed by atoms with Gasteiger partial charge in [-0.15, -0.1) is 0 Å². The number of carbonyl (C=O) groups excluding carboxylic acids is 1. The van der Waals surface area contributed by atoms with E-state index >= 15 is 0 Å². The van der Waals surface area contributed by atoms with Gasteiger partial charge in [-0.25, -0.2) is 13.1 Å². The maximum Gasteiger partial charge on any atom is 0.251 e. The number of benzene rings is 1. The van der Waals surface area contributed by atoms with Crippen molar-refractivity contribution in [3.63, 3.8) is 0 Å². The summed E-state index contributed by atoms with van der Waals surface area (Å²) in [5, 5.41) is 2.94. The molecule has 2 N–H and O–H groups in total. The second kappa shape index (κ2) is 5.71. The molecular weight excluding hydrogens is 264 g/mol. The summed E-state index contributed by atoms with van der Waals surface area (Å²) in [7, 11) is -2.16. The van der Waals surface area contributed by atoms with E-state index < -0.39 is 10.0 Å². The van der Waals surface area contributed by atoms with Gasteiger partial charge >= 0.3 is 0 Å². The molecule has 0 radical (unpaired) electrons. The topological polar surface area (TPSA) is 75.3 Å². The highest BCUT2D eigenvalue weighted by Crippen LogP contribution is 2.18. The number of hydrogen-bond donors (Lipinski definition) is 2. The normalized spacial score (nSPS) is 16.5. The van der Waals surface area contributed by atoms with Crippen molar-refractivity contribution >= 4 is 15.9 Å². The summed E-state index contributed by atoms with van der Waals surface area (Å²) >= 11 is 0. The van der Waals surface area contributed by atoms with Crippen LogP contribution in [0.5, 0.6) is 0 Å². The van der Waals surface area contributed by atoms with Crippen molar-refractivity contribution < 1.29 is 13.2 Å². The average molecular weight is 282 g/mol. The van der Waals surface area contributed by atoms with Gasteiger partial charge in [-0.3, -0.25) is 4.79 Å². The van der Waals surface area contributed by atoms with Gasteiger partial charge in [0.2, 0.25) is 10.0 Å². The first-order valence-corrected chi connectivity index (χ1v) is 7.86. The molecule has 0 saturated heterocycles. The molecule has 0 atom stereocenters. The molecule has 1 aromatic rings. The van der Waals surface area contributed by atoms with Crippen molar-refractivity contribution in [3.05, 3.63) is 29.8 Å². The zero-order valence-electron chi connectivity index (χ0n) is 10.8. The molecule has 0 spiro atoms. The Kier molecular flexibility index (Phi) is 4.21. The number of amides is 1. The van der Waals surface area contributed by atoms with E-state index in [0.29, 0.717) is 5.56 Å². The molecule has 0 bridgehead atoms. The van der Waals surface area contributed by atoms with E-state index in [9.17, 15) is 13.2 Å². The average Bonchev–Trinajstić information content (AvgIpc) is 2.91. The van der Waals surface area contributed by atoms with Gasteiger partial charge in [0.15, 0.2) is 0 Å². The van der Waals surface area contributed by atoms with E-state index in [2.05, 4.69) is 10.0 Å². The van der Waals surface area contributed by atoms with Gasteiger partial charge in [0.1, 0.15) is 0 Å². The van der Waals surface area contributed by atoms with Gasteiger partial charge in [0, 0.05) is 11.6 Å². The van der Waals surface area contributed by atoms with Gasteiger partial charge in [-0.05, 0) is 38.1 Å². The molecule has 0 heterocycles. The molecule has 1 aliphatic carbocycles. The number of rotatable bonds is 4. The Hall–Kier alpha value is -1.40. The van der Waals surface area contributed by atoms with Crippen LogP contribution < -0.4 is 10.0 Å². The van der Waals surface area contributed by atoms with Crippen LogP contribution in [-0.4, -0.2) is 27.4 Å². The monoisotopic (exact) mass is 282 g/mol. The van der Waals surface area contributed by atoms with Gasteiger partial charge in [-0.2, -0.15) is 0 Å². The Bertz CT molecular complexity index is 563. The third kappa shape index (κ3) is 3.33. The molecule has 1 fully saturated rings. The highest BCUT2D eigenvalue weighted by molar-refractivity contribution is 7.89. The summed E-state index contributed by atoms with van der Waals surface area (Å²) in [5.74, 6) is -0.208. The van der Waals surface area contributed by atoms with Gasteiger partial charge in [0.25, 0.3) is 5.91 Å². The molecule has 5 nitrogen and oxygen atoms in total. The first kappa shape index (κ1) is 14.0. The zero-order valence-corrected chi connectivity index (χ0v) is 11.7. The Labute approximate surface area is 113 Å². The summed E-state index contributed by atoms with van der Waals surface area (Å²) < 4.78 is 25.6. The lowest BCUT2D eigenvalue weighted by atomic mass is 10.2. The summed E-state index contributed by atoms with van der Waals surface area (Å²) in [6, 6.07) is 6.29. The lowest BCUT2D eigenvalue weighted by Crippen LogP contribution is -2.32. The Balaban J connectivity index is 2.16. The SMILES string of the molecule is CNS(=O)(=O)c1cccc(C(=O)NC2CCCC2)c1. The highest BCUT2D eigenvalue weighted by atomic mass is 32.2. The third-order valence-corrected chi connectivity index (χ3v) is 4.78. The fourth-order valence-corrected chi connectivity index (χ4v) is 3.04. The van der Waals surface area contributed by atoms with Crippen LogP contribution in [0.4, 0.5) is 0 Å². The lowest BCUT2D eigenvalue weighted by molar-refractivity contribution is 0.0937. The maximum absolute atomic E-state index is 12.0. The highest BCUT2D eigenvalue weighted by Gasteiger charge is 2.19. The van der Waals surface area contributed by atoms with E-state index in [-0.39, 0.29) is 16.8 Å². The Morgan fingerprint density at radius 1 is 1.26 bits per heavy atom. The Morgan fingerprint density at radius 3 is 2.58 bits per heavy atom. The Morgan fingerprint density at radius 2 is 1.95 bits per heavy atom. The third-order valence-electron chi connectivity index (χ3n) is 3.37. The number of carbonyl (C=O) groups is 1. The minimum atomic E-state index is -3.51. The van der Waals surface area contributed by atoms with Gasteiger partial charge in [0.05, 0.1) is 4.90 Å². The minimum absolute atomic E-state index is 0.106. The number of hydrogen-bond acceptors (Lipinski definition) is 3. The zero-order chi connectivity index (χ0) is 13.9. The summed E-state index contributed by atoms with van der Waals surface area (Å²) in [6.07, 6.45) is 4.28. The molecule has 1 amide bonds. The number of nitrogens with one attached hydrogen (secondary N) is 2. The van der Waals surface area contributed by atoms with Crippen molar-refractivity contribution in [2.75, 3.05) is 7.05 Å². The molecule has 19 heavy (non-hydrogen) atoms. The van der Waals surface area contributed by atoms with Crippen molar-refractivity contribution in [1.82, 2.24) is 10.0 Å².